The summed E-state index contributed by atoms with van der Waals surface area (Å²) in [5.74, 6) is -0.0247. The molecule has 2 atom stereocenters. The highest BCUT2D eigenvalue weighted by Crippen LogP contribution is 2.23. The maximum Gasteiger partial charge on any atom is 0.315 e. The molecule has 6 heteroatoms. The number of carbonyl (C=O) groups excluding carboxylic acids is 2. The molecule has 24 heavy (non-hydrogen) atoms. The Kier molecular flexibility index (Phi) is 7.03. The summed E-state index contributed by atoms with van der Waals surface area (Å²) < 4.78 is 12.8. The average Bonchev–Trinajstić information content (AvgIpc) is 2.57. The van der Waals surface area contributed by atoms with Gasteiger partial charge in [0.15, 0.2) is 0 Å². The molecule has 0 radical (unpaired) electrons. The van der Waals surface area contributed by atoms with Crippen molar-refractivity contribution in [3.8, 4) is 0 Å². The van der Waals surface area contributed by atoms with E-state index in [9.17, 15) is 14.0 Å². The van der Waals surface area contributed by atoms with Crippen molar-refractivity contribution in [1.29, 1.82) is 0 Å². The lowest BCUT2D eigenvalue weighted by Gasteiger charge is -2.29. The Hall–Kier alpha value is -2.11. The standard InChI is InChI=1S/C18H26FN3O2/c1-13-4-2-3-5-16(13)22-18(24)21-12-17(23)20-11-10-14-6-8-15(19)9-7-14/h6-9,13,16H,2-5,10-12H2,1H3,(H,20,23)(H2,21,22,24)/t13-,16+/m1/s1. The zero-order valence-electron chi connectivity index (χ0n) is 14.1. The van der Waals surface area contributed by atoms with Crippen molar-refractivity contribution >= 4 is 11.9 Å². The number of benzene rings is 1. The van der Waals surface area contributed by atoms with Crippen LogP contribution in [0.1, 0.15) is 38.2 Å². The molecule has 1 fully saturated rings. The van der Waals surface area contributed by atoms with E-state index in [0.717, 1.165) is 24.8 Å². The van der Waals surface area contributed by atoms with Gasteiger partial charge in [0.2, 0.25) is 5.91 Å². The highest BCUT2D eigenvalue weighted by molar-refractivity contribution is 5.83. The van der Waals surface area contributed by atoms with Gasteiger partial charge in [0, 0.05) is 12.6 Å². The predicted molar refractivity (Wildman–Crippen MR) is 91.1 cm³/mol. The molecule has 3 amide bonds. The lowest BCUT2D eigenvalue weighted by molar-refractivity contribution is -0.120. The first kappa shape index (κ1) is 18.2. The lowest BCUT2D eigenvalue weighted by Crippen LogP contribution is -2.48. The third-order valence-electron chi connectivity index (χ3n) is 4.49. The van der Waals surface area contributed by atoms with Gasteiger partial charge in [0.25, 0.3) is 0 Å². The van der Waals surface area contributed by atoms with Gasteiger partial charge in [-0.15, -0.1) is 0 Å². The Morgan fingerprint density at radius 1 is 1.12 bits per heavy atom. The normalized spacial score (nSPS) is 20.2. The van der Waals surface area contributed by atoms with Crippen LogP contribution in [0.5, 0.6) is 0 Å². The van der Waals surface area contributed by atoms with Gasteiger partial charge in [-0.05, 0) is 42.9 Å². The Morgan fingerprint density at radius 3 is 2.54 bits per heavy atom. The molecule has 0 spiro atoms. The van der Waals surface area contributed by atoms with E-state index in [2.05, 4.69) is 22.9 Å². The highest BCUT2D eigenvalue weighted by Gasteiger charge is 2.22. The van der Waals surface area contributed by atoms with E-state index in [1.165, 1.54) is 18.6 Å². The fourth-order valence-corrected chi connectivity index (χ4v) is 2.97. The smallest absolute Gasteiger partial charge is 0.315 e. The van der Waals surface area contributed by atoms with Gasteiger partial charge < -0.3 is 16.0 Å². The van der Waals surface area contributed by atoms with Crippen molar-refractivity contribution in [2.24, 2.45) is 5.92 Å². The van der Waals surface area contributed by atoms with Crippen molar-refractivity contribution < 1.29 is 14.0 Å². The van der Waals surface area contributed by atoms with Crippen molar-refractivity contribution in [2.75, 3.05) is 13.1 Å². The summed E-state index contributed by atoms with van der Waals surface area (Å²) in [6, 6.07) is 6.09. The number of urea groups is 1. The van der Waals surface area contributed by atoms with E-state index in [4.69, 9.17) is 0 Å². The van der Waals surface area contributed by atoms with Crippen LogP contribution in [0, 0.1) is 11.7 Å². The van der Waals surface area contributed by atoms with Crippen LogP contribution in [0.2, 0.25) is 0 Å². The summed E-state index contributed by atoms with van der Waals surface area (Å²) in [5.41, 5.74) is 0.952. The van der Waals surface area contributed by atoms with E-state index in [0.29, 0.717) is 18.9 Å². The van der Waals surface area contributed by atoms with E-state index in [-0.39, 0.29) is 30.3 Å². The quantitative estimate of drug-likeness (QED) is 0.747. The fourth-order valence-electron chi connectivity index (χ4n) is 2.97. The molecular formula is C18H26FN3O2. The van der Waals surface area contributed by atoms with E-state index in [1.54, 1.807) is 12.1 Å². The first-order valence-electron chi connectivity index (χ1n) is 8.60. The second kappa shape index (κ2) is 9.25. The molecule has 0 saturated heterocycles. The van der Waals surface area contributed by atoms with E-state index in [1.807, 2.05) is 0 Å². The summed E-state index contributed by atoms with van der Waals surface area (Å²) in [6.07, 6.45) is 5.11. The molecule has 0 bridgehead atoms. The minimum Gasteiger partial charge on any atom is -0.354 e. The highest BCUT2D eigenvalue weighted by atomic mass is 19.1. The van der Waals surface area contributed by atoms with Gasteiger partial charge >= 0.3 is 6.03 Å². The fraction of sp³-hybridized carbons (Fsp3) is 0.556. The van der Waals surface area contributed by atoms with E-state index < -0.39 is 0 Å². The molecule has 3 N–H and O–H groups in total. The molecule has 2 rings (SSSR count). The minimum atomic E-state index is -0.289. The predicted octanol–water partition coefficient (Wildman–Crippen LogP) is 2.36. The average molecular weight is 335 g/mol. The van der Waals surface area contributed by atoms with Gasteiger partial charge in [0.05, 0.1) is 6.54 Å². The molecule has 1 aromatic rings. The monoisotopic (exact) mass is 335 g/mol. The first-order valence-corrected chi connectivity index (χ1v) is 8.60. The summed E-state index contributed by atoms with van der Waals surface area (Å²) in [6.45, 7) is 2.55. The van der Waals surface area contributed by atoms with Crippen LogP contribution in [0.15, 0.2) is 24.3 Å². The van der Waals surface area contributed by atoms with Gasteiger partial charge in [-0.3, -0.25) is 4.79 Å². The summed E-state index contributed by atoms with van der Waals surface area (Å²) >= 11 is 0. The van der Waals surface area contributed by atoms with Crippen molar-refractivity contribution in [3.05, 3.63) is 35.6 Å². The number of carbonyl (C=O) groups is 2. The van der Waals surface area contributed by atoms with Gasteiger partial charge in [0.1, 0.15) is 5.82 Å². The molecule has 132 valence electrons. The van der Waals surface area contributed by atoms with Crippen molar-refractivity contribution in [2.45, 2.75) is 45.1 Å². The molecule has 1 aliphatic carbocycles. The third kappa shape index (κ3) is 6.18. The number of nitrogens with one attached hydrogen (secondary N) is 3. The number of halogens is 1. The van der Waals surface area contributed by atoms with Crippen LogP contribution in [-0.4, -0.2) is 31.1 Å². The first-order chi connectivity index (χ1) is 11.5. The topological polar surface area (TPSA) is 70.2 Å². The lowest BCUT2D eigenvalue weighted by atomic mass is 9.86. The van der Waals surface area contributed by atoms with Crippen LogP contribution in [0.3, 0.4) is 0 Å². The van der Waals surface area contributed by atoms with Crippen LogP contribution >= 0.6 is 0 Å². The molecule has 5 nitrogen and oxygen atoms in total. The molecule has 0 unspecified atom stereocenters. The van der Waals surface area contributed by atoms with Gasteiger partial charge in [-0.1, -0.05) is 31.9 Å². The van der Waals surface area contributed by atoms with Gasteiger partial charge in [-0.25, -0.2) is 9.18 Å². The third-order valence-corrected chi connectivity index (χ3v) is 4.49. The summed E-state index contributed by atoms with van der Waals surface area (Å²) in [5, 5.41) is 8.28. The molecule has 0 aliphatic heterocycles. The summed E-state index contributed by atoms with van der Waals surface area (Å²) in [4.78, 5) is 23.6. The molecule has 0 heterocycles. The zero-order valence-corrected chi connectivity index (χ0v) is 14.1. The molecule has 1 aromatic carbocycles. The van der Waals surface area contributed by atoms with Gasteiger partial charge in [-0.2, -0.15) is 0 Å². The van der Waals surface area contributed by atoms with Crippen molar-refractivity contribution in [1.82, 2.24) is 16.0 Å². The number of rotatable bonds is 6. The molecule has 1 saturated carbocycles. The van der Waals surface area contributed by atoms with E-state index >= 15 is 0 Å². The number of hydrogen-bond donors (Lipinski definition) is 3. The zero-order chi connectivity index (χ0) is 17.4. The molecular weight excluding hydrogens is 309 g/mol. The summed E-state index contributed by atoms with van der Waals surface area (Å²) in [7, 11) is 0. The van der Waals surface area contributed by atoms with Crippen LogP contribution in [0.4, 0.5) is 9.18 Å². The Balaban J connectivity index is 1.60. The maximum atomic E-state index is 12.8. The molecule has 1 aliphatic rings. The number of amides is 3. The number of hydrogen-bond acceptors (Lipinski definition) is 2. The molecule has 0 aromatic heterocycles. The Labute approximate surface area is 142 Å². The Morgan fingerprint density at radius 2 is 1.83 bits per heavy atom. The largest absolute Gasteiger partial charge is 0.354 e. The van der Waals surface area contributed by atoms with Crippen LogP contribution < -0.4 is 16.0 Å². The minimum absolute atomic E-state index is 0.0453. The van der Waals surface area contributed by atoms with Crippen LogP contribution in [0.25, 0.3) is 0 Å². The van der Waals surface area contributed by atoms with Crippen LogP contribution in [-0.2, 0) is 11.2 Å². The maximum absolute atomic E-state index is 12.8. The second-order valence-electron chi connectivity index (χ2n) is 6.42. The Bertz CT molecular complexity index is 548. The van der Waals surface area contributed by atoms with Crippen molar-refractivity contribution in [3.63, 3.8) is 0 Å². The SMILES string of the molecule is C[C@@H]1CCCC[C@@H]1NC(=O)NCC(=O)NCCc1ccc(F)cc1. The second-order valence-corrected chi connectivity index (χ2v) is 6.42.